The molecule has 1 aromatic carbocycles. The van der Waals surface area contributed by atoms with Crippen molar-refractivity contribution in [2.75, 3.05) is 20.8 Å². The first-order valence-electron chi connectivity index (χ1n) is 8.33. The van der Waals surface area contributed by atoms with Crippen molar-refractivity contribution in [1.82, 2.24) is 4.90 Å². The number of piperidine rings is 1. The molecule has 2 heterocycles. The first-order chi connectivity index (χ1) is 11.1. The van der Waals surface area contributed by atoms with Gasteiger partial charge in [-0.1, -0.05) is 12.1 Å². The van der Waals surface area contributed by atoms with Gasteiger partial charge >= 0.3 is 0 Å². The number of amides is 1. The van der Waals surface area contributed by atoms with Crippen LogP contribution < -0.4 is 5.73 Å². The van der Waals surface area contributed by atoms with Gasteiger partial charge in [-0.05, 0) is 49.3 Å². The molecule has 0 aliphatic carbocycles. The topological polar surface area (TPSA) is 64.8 Å². The van der Waals surface area contributed by atoms with E-state index in [1.807, 2.05) is 12.1 Å². The Morgan fingerprint density at radius 2 is 1.91 bits per heavy atom. The summed E-state index contributed by atoms with van der Waals surface area (Å²) in [4.78, 5) is 14.0. The van der Waals surface area contributed by atoms with Crippen molar-refractivity contribution in [3.8, 4) is 0 Å². The van der Waals surface area contributed by atoms with Gasteiger partial charge in [-0.2, -0.15) is 0 Å². The lowest BCUT2D eigenvalue weighted by Gasteiger charge is -2.40. The van der Waals surface area contributed by atoms with Crippen molar-refractivity contribution < 1.29 is 14.3 Å². The molecule has 0 saturated carbocycles. The van der Waals surface area contributed by atoms with E-state index in [1.54, 1.807) is 20.3 Å². The molecule has 2 aliphatic heterocycles. The van der Waals surface area contributed by atoms with Crippen LogP contribution in [0.5, 0.6) is 0 Å². The molecule has 23 heavy (non-hydrogen) atoms. The number of hydrogen-bond acceptors (Lipinski definition) is 4. The minimum Gasteiger partial charge on any atom is -0.366 e. The highest BCUT2D eigenvalue weighted by molar-refractivity contribution is 5.92. The van der Waals surface area contributed by atoms with Gasteiger partial charge in [0.15, 0.2) is 6.29 Å². The molecule has 2 atom stereocenters. The zero-order chi connectivity index (χ0) is 16.4. The Morgan fingerprint density at radius 1 is 1.26 bits per heavy atom. The van der Waals surface area contributed by atoms with Crippen LogP contribution in [0.1, 0.15) is 47.5 Å². The Bertz CT molecular complexity index is 545. The number of methoxy groups -OCH3 is 2. The summed E-state index contributed by atoms with van der Waals surface area (Å²) in [6.45, 7) is 0.830. The van der Waals surface area contributed by atoms with Crippen LogP contribution in [0.25, 0.3) is 0 Å². The average molecular weight is 318 g/mol. The summed E-state index contributed by atoms with van der Waals surface area (Å²) in [6.07, 6.45) is 4.55. The molecule has 1 amide bonds. The summed E-state index contributed by atoms with van der Waals surface area (Å²) in [7, 11) is 3.39. The van der Waals surface area contributed by atoms with E-state index in [0.29, 0.717) is 23.6 Å². The number of nitrogens with two attached hydrogens (primary N) is 1. The monoisotopic (exact) mass is 318 g/mol. The smallest absolute Gasteiger partial charge is 0.248 e. The van der Waals surface area contributed by atoms with E-state index in [4.69, 9.17) is 15.2 Å². The van der Waals surface area contributed by atoms with Gasteiger partial charge in [-0.3, -0.25) is 9.69 Å². The maximum absolute atomic E-state index is 11.4. The maximum atomic E-state index is 11.4. The molecule has 2 aliphatic rings. The molecule has 2 N–H and O–H groups in total. The lowest BCUT2D eigenvalue weighted by molar-refractivity contribution is -0.125. The standard InChI is InChI=1S/C18H26N2O3/c1-22-17(23-2)11-20-15-6-7-16(20)10-14(9-15)12-4-3-5-13(8-12)18(19)21/h3-5,8,14-17H,6-7,9-11H2,1-2H3,(H2,19,21). The lowest BCUT2D eigenvalue weighted by atomic mass is 9.84. The fraction of sp³-hybridized carbons (Fsp3) is 0.611. The Kier molecular flexibility index (Phi) is 4.99. The molecule has 5 heteroatoms. The van der Waals surface area contributed by atoms with Gasteiger partial charge < -0.3 is 15.2 Å². The van der Waals surface area contributed by atoms with Crippen LogP contribution in [0.3, 0.4) is 0 Å². The molecule has 2 unspecified atom stereocenters. The van der Waals surface area contributed by atoms with Crippen LogP contribution in [-0.4, -0.2) is 49.9 Å². The fourth-order valence-corrected chi connectivity index (χ4v) is 4.21. The molecule has 126 valence electrons. The molecule has 2 fully saturated rings. The van der Waals surface area contributed by atoms with E-state index < -0.39 is 0 Å². The second-order valence-electron chi connectivity index (χ2n) is 6.64. The van der Waals surface area contributed by atoms with Crippen molar-refractivity contribution in [1.29, 1.82) is 0 Å². The Hall–Kier alpha value is -1.43. The summed E-state index contributed by atoms with van der Waals surface area (Å²) >= 11 is 0. The number of hydrogen-bond donors (Lipinski definition) is 1. The van der Waals surface area contributed by atoms with E-state index in [2.05, 4.69) is 11.0 Å². The summed E-state index contributed by atoms with van der Waals surface area (Å²) in [5.74, 6) is 0.155. The second kappa shape index (κ2) is 6.99. The molecule has 1 aromatic rings. The zero-order valence-corrected chi connectivity index (χ0v) is 13.9. The van der Waals surface area contributed by atoms with Crippen molar-refractivity contribution >= 4 is 5.91 Å². The van der Waals surface area contributed by atoms with Crippen molar-refractivity contribution in [3.05, 3.63) is 35.4 Å². The summed E-state index contributed by atoms with van der Waals surface area (Å²) < 4.78 is 10.7. The predicted octanol–water partition coefficient (Wildman–Crippen LogP) is 2.11. The highest BCUT2D eigenvalue weighted by Gasteiger charge is 2.41. The van der Waals surface area contributed by atoms with Crippen LogP contribution in [0.4, 0.5) is 0 Å². The number of fused-ring (bicyclic) bond motifs is 2. The third-order valence-corrected chi connectivity index (χ3v) is 5.41. The number of benzene rings is 1. The highest BCUT2D eigenvalue weighted by atomic mass is 16.7. The second-order valence-corrected chi connectivity index (χ2v) is 6.64. The number of primary amides is 1. The van der Waals surface area contributed by atoms with E-state index in [9.17, 15) is 4.79 Å². The van der Waals surface area contributed by atoms with Gasteiger partial charge in [0.25, 0.3) is 0 Å². The van der Waals surface area contributed by atoms with E-state index in [1.165, 1.54) is 18.4 Å². The predicted molar refractivity (Wildman–Crippen MR) is 88.3 cm³/mol. The first-order valence-corrected chi connectivity index (χ1v) is 8.33. The van der Waals surface area contributed by atoms with Gasteiger partial charge in [0.05, 0.1) is 6.54 Å². The SMILES string of the molecule is COC(CN1C2CCC1CC(c1cccc(C(N)=O)c1)C2)OC. The molecular formula is C18H26N2O3. The molecular weight excluding hydrogens is 292 g/mol. The minimum absolute atomic E-state index is 0.159. The van der Waals surface area contributed by atoms with Crippen LogP contribution >= 0.6 is 0 Å². The number of rotatable bonds is 6. The van der Waals surface area contributed by atoms with Gasteiger partial charge in [-0.25, -0.2) is 0 Å². The third-order valence-electron chi connectivity index (χ3n) is 5.41. The third kappa shape index (κ3) is 3.42. The fourth-order valence-electron chi connectivity index (χ4n) is 4.21. The van der Waals surface area contributed by atoms with Crippen LogP contribution in [0, 0.1) is 0 Å². The Morgan fingerprint density at radius 3 is 2.48 bits per heavy atom. The normalized spacial score (nSPS) is 27.5. The van der Waals surface area contributed by atoms with Gasteiger partial charge in [-0.15, -0.1) is 0 Å². The van der Waals surface area contributed by atoms with Gasteiger partial charge in [0.2, 0.25) is 5.91 Å². The van der Waals surface area contributed by atoms with E-state index in [-0.39, 0.29) is 12.2 Å². The number of nitrogens with zero attached hydrogens (tertiary/aromatic N) is 1. The summed E-state index contributed by atoms with van der Waals surface area (Å²) in [5.41, 5.74) is 7.26. The van der Waals surface area contributed by atoms with E-state index >= 15 is 0 Å². The number of ether oxygens (including phenoxy) is 2. The quantitative estimate of drug-likeness (QED) is 0.816. The van der Waals surface area contributed by atoms with Crippen LogP contribution in [0.2, 0.25) is 0 Å². The van der Waals surface area contributed by atoms with Crippen LogP contribution in [-0.2, 0) is 9.47 Å². The average Bonchev–Trinajstić information content (AvgIpc) is 2.80. The van der Waals surface area contributed by atoms with Crippen molar-refractivity contribution in [3.63, 3.8) is 0 Å². The molecule has 0 aromatic heterocycles. The summed E-state index contributed by atoms with van der Waals surface area (Å²) in [6, 6.07) is 8.97. The largest absolute Gasteiger partial charge is 0.366 e. The molecule has 0 radical (unpaired) electrons. The van der Waals surface area contributed by atoms with Gasteiger partial charge in [0.1, 0.15) is 0 Å². The van der Waals surface area contributed by atoms with Crippen molar-refractivity contribution in [2.24, 2.45) is 5.73 Å². The summed E-state index contributed by atoms with van der Waals surface area (Å²) in [5, 5.41) is 0. The zero-order valence-electron chi connectivity index (χ0n) is 13.9. The minimum atomic E-state index is -0.352. The molecule has 0 spiro atoms. The maximum Gasteiger partial charge on any atom is 0.248 e. The Labute approximate surface area is 137 Å². The molecule has 2 bridgehead atoms. The number of carbonyl (C=O) groups excluding carboxylic acids is 1. The molecule has 2 saturated heterocycles. The van der Waals surface area contributed by atoms with Crippen molar-refractivity contribution in [2.45, 2.75) is 50.0 Å². The van der Waals surface area contributed by atoms with E-state index in [0.717, 1.165) is 19.4 Å². The molecule has 3 rings (SSSR count). The van der Waals surface area contributed by atoms with Crippen LogP contribution in [0.15, 0.2) is 24.3 Å². The molecule has 5 nitrogen and oxygen atoms in total. The number of carbonyl (C=O) groups is 1. The highest BCUT2D eigenvalue weighted by Crippen LogP contribution is 2.43. The Balaban J connectivity index is 1.71. The first kappa shape index (κ1) is 16.4. The van der Waals surface area contributed by atoms with Gasteiger partial charge in [0, 0.05) is 31.9 Å². The lowest BCUT2D eigenvalue weighted by Crippen LogP contribution is -2.46.